The molecule has 2 heterocycles. The molecule has 6 heteroatoms. The predicted octanol–water partition coefficient (Wildman–Crippen LogP) is 1.40. The summed E-state index contributed by atoms with van der Waals surface area (Å²) in [6.45, 7) is 0.268. The van der Waals surface area contributed by atoms with Crippen molar-refractivity contribution in [1.29, 1.82) is 0 Å². The van der Waals surface area contributed by atoms with Gasteiger partial charge in [-0.3, -0.25) is 4.79 Å². The minimum absolute atomic E-state index is 0.144. The monoisotopic (exact) mass is 308 g/mol. The summed E-state index contributed by atoms with van der Waals surface area (Å²) < 4.78 is 1.81. The van der Waals surface area contributed by atoms with Gasteiger partial charge in [-0.25, -0.2) is 0 Å². The molecule has 0 radical (unpaired) electrons. The Labute approximate surface area is 127 Å². The van der Waals surface area contributed by atoms with Gasteiger partial charge in [-0.05, 0) is 24.6 Å². The van der Waals surface area contributed by atoms with E-state index in [1.807, 2.05) is 25.2 Å². The van der Waals surface area contributed by atoms with Gasteiger partial charge in [0, 0.05) is 29.5 Å². The molecular weight excluding hydrogens is 292 g/mol. The Hall–Kier alpha value is -1.56. The molecule has 112 valence electrons. The molecule has 0 unspecified atom stereocenters. The van der Waals surface area contributed by atoms with Crippen LogP contribution in [0.15, 0.2) is 24.3 Å². The third-order valence-electron chi connectivity index (χ3n) is 4.14. The Balaban J connectivity index is 1.94. The van der Waals surface area contributed by atoms with Gasteiger partial charge in [-0.15, -0.1) is 0 Å². The van der Waals surface area contributed by atoms with Crippen molar-refractivity contribution in [1.82, 2.24) is 9.47 Å². The Bertz CT molecular complexity index is 712. The zero-order chi connectivity index (χ0) is 15.2. The van der Waals surface area contributed by atoms with E-state index in [2.05, 4.69) is 0 Å². The molecule has 0 spiro atoms. The van der Waals surface area contributed by atoms with E-state index in [0.29, 0.717) is 23.7 Å². The minimum Gasteiger partial charge on any atom is -0.393 e. The highest BCUT2D eigenvalue weighted by Crippen LogP contribution is 2.26. The van der Waals surface area contributed by atoms with E-state index in [9.17, 15) is 15.0 Å². The number of amides is 1. The van der Waals surface area contributed by atoms with Gasteiger partial charge in [0.1, 0.15) is 11.3 Å². The van der Waals surface area contributed by atoms with E-state index >= 15 is 0 Å². The van der Waals surface area contributed by atoms with Crippen LogP contribution in [-0.4, -0.2) is 50.9 Å². The van der Waals surface area contributed by atoms with Crippen molar-refractivity contribution in [3.05, 3.63) is 35.0 Å². The third-order valence-corrected chi connectivity index (χ3v) is 4.38. The molecule has 21 heavy (non-hydrogen) atoms. The molecule has 3 rings (SSSR count). The maximum Gasteiger partial charge on any atom is 0.270 e. The lowest BCUT2D eigenvalue weighted by Gasteiger charge is -2.21. The Morgan fingerprint density at radius 1 is 1.43 bits per heavy atom. The summed E-state index contributed by atoms with van der Waals surface area (Å²) >= 11 is 5.99. The van der Waals surface area contributed by atoms with Crippen molar-refractivity contribution in [2.75, 3.05) is 19.7 Å². The number of β-amino-alcohol motifs (C(OH)–C–C–N with tert-alkyl or cyclic N) is 1. The molecule has 1 aliphatic heterocycles. The van der Waals surface area contributed by atoms with Crippen LogP contribution in [0.1, 0.15) is 16.9 Å². The van der Waals surface area contributed by atoms with Crippen LogP contribution in [0.5, 0.6) is 0 Å². The summed E-state index contributed by atoms with van der Waals surface area (Å²) in [6.07, 6.45) is 0.394. The topological polar surface area (TPSA) is 65.7 Å². The summed E-state index contributed by atoms with van der Waals surface area (Å²) in [5.74, 6) is -0.144. The smallest absolute Gasteiger partial charge is 0.270 e. The fraction of sp³-hybridized carbons (Fsp3) is 0.400. The third kappa shape index (κ3) is 2.41. The Morgan fingerprint density at radius 3 is 2.86 bits per heavy atom. The number of rotatable bonds is 2. The molecule has 2 N–H and O–H groups in total. The molecule has 0 aliphatic carbocycles. The standard InChI is InChI=1S/C15H17ClN2O3/c1-17-12-7-11(16)3-2-10(12)6-13(17)14(20)18-5-4-15(21,8-18)9-19/h2-3,6-7,19,21H,4-5,8-9H2,1H3/t15-/m1/s1. The lowest BCUT2D eigenvalue weighted by Crippen LogP contribution is -2.39. The average Bonchev–Trinajstić information content (AvgIpc) is 3.01. The zero-order valence-electron chi connectivity index (χ0n) is 11.7. The van der Waals surface area contributed by atoms with Gasteiger partial charge in [0.15, 0.2) is 0 Å². The van der Waals surface area contributed by atoms with E-state index in [-0.39, 0.29) is 19.1 Å². The second-order valence-electron chi connectivity index (χ2n) is 5.65. The van der Waals surface area contributed by atoms with Crippen LogP contribution in [-0.2, 0) is 7.05 Å². The van der Waals surface area contributed by atoms with Gasteiger partial charge < -0.3 is 19.7 Å². The van der Waals surface area contributed by atoms with E-state index in [1.54, 1.807) is 15.5 Å². The molecule has 1 aromatic heterocycles. The first-order chi connectivity index (χ1) is 9.93. The van der Waals surface area contributed by atoms with E-state index in [4.69, 9.17) is 11.6 Å². The molecule has 1 atom stereocenters. The number of aliphatic hydroxyl groups excluding tert-OH is 1. The fourth-order valence-corrected chi connectivity index (χ4v) is 3.00. The van der Waals surface area contributed by atoms with E-state index < -0.39 is 5.60 Å². The van der Waals surface area contributed by atoms with Crippen molar-refractivity contribution in [3.63, 3.8) is 0 Å². The largest absolute Gasteiger partial charge is 0.393 e. The maximum atomic E-state index is 12.6. The number of halogens is 1. The fourth-order valence-electron chi connectivity index (χ4n) is 2.83. The number of hydrogen-bond donors (Lipinski definition) is 2. The summed E-state index contributed by atoms with van der Waals surface area (Å²) in [5, 5.41) is 20.8. The molecule has 1 saturated heterocycles. The summed E-state index contributed by atoms with van der Waals surface area (Å²) in [5.41, 5.74) is 0.265. The highest BCUT2D eigenvalue weighted by atomic mass is 35.5. The van der Waals surface area contributed by atoms with Crippen LogP contribution in [0, 0.1) is 0 Å². The lowest BCUT2D eigenvalue weighted by atomic mass is 10.1. The van der Waals surface area contributed by atoms with E-state index in [1.165, 1.54) is 0 Å². The molecule has 5 nitrogen and oxygen atoms in total. The Kier molecular flexibility index (Phi) is 3.43. The number of carbonyl (C=O) groups is 1. The minimum atomic E-state index is -1.18. The van der Waals surface area contributed by atoms with Crippen molar-refractivity contribution < 1.29 is 15.0 Å². The van der Waals surface area contributed by atoms with Crippen LogP contribution in [0.3, 0.4) is 0 Å². The summed E-state index contributed by atoms with van der Waals surface area (Å²) in [4.78, 5) is 14.2. The number of carbonyl (C=O) groups excluding carboxylic acids is 1. The van der Waals surface area contributed by atoms with Crippen molar-refractivity contribution in [2.45, 2.75) is 12.0 Å². The molecule has 1 fully saturated rings. The highest BCUT2D eigenvalue weighted by Gasteiger charge is 2.38. The van der Waals surface area contributed by atoms with Crippen LogP contribution < -0.4 is 0 Å². The van der Waals surface area contributed by atoms with E-state index in [0.717, 1.165) is 10.9 Å². The number of aliphatic hydroxyl groups is 2. The molecule has 1 aromatic carbocycles. The maximum absolute atomic E-state index is 12.6. The second-order valence-corrected chi connectivity index (χ2v) is 6.09. The quantitative estimate of drug-likeness (QED) is 0.881. The normalized spacial score (nSPS) is 22.2. The van der Waals surface area contributed by atoms with Crippen molar-refractivity contribution in [2.24, 2.45) is 7.05 Å². The first-order valence-corrected chi connectivity index (χ1v) is 7.19. The number of aromatic nitrogens is 1. The molecular formula is C15H17ClN2O3. The van der Waals surface area contributed by atoms with Gasteiger partial charge in [-0.1, -0.05) is 17.7 Å². The predicted molar refractivity (Wildman–Crippen MR) is 80.5 cm³/mol. The molecule has 1 amide bonds. The number of fused-ring (bicyclic) bond motifs is 1. The van der Waals surface area contributed by atoms with Gasteiger partial charge in [-0.2, -0.15) is 0 Å². The zero-order valence-corrected chi connectivity index (χ0v) is 12.5. The van der Waals surface area contributed by atoms with Crippen molar-refractivity contribution in [3.8, 4) is 0 Å². The second kappa shape index (κ2) is 5.02. The molecule has 0 bridgehead atoms. The first kappa shape index (κ1) is 14.4. The molecule has 0 saturated carbocycles. The van der Waals surface area contributed by atoms with Crippen LogP contribution in [0.4, 0.5) is 0 Å². The number of aryl methyl sites for hydroxylation is 1. The van der Waals surface area contributed by atoms with Crippen molar-refractivity contribution >= 4 is 28.4 Å². The first-order valence-electron chi connectivity index (χ1n) is 6.81. The van der Waals surface area contributed by atoms with Gasteiger partial charge in [0.2, 0.25) is 0 Å². The van der Waals surface area contributed by atoms with Crippen LogP contribution >= 0.6 is 11.6 Å². The number of hydrogen-bond acceptors (Lipinski definition) is 3. The van der Waals surface area contributed by atoms with Gasteiger partial charge in [0.25, 0.3) is 5.91 Å². The Morgan fingerprint density at radius 2 is 2.19 bits per heavy atom. The summed E-state index contributed by atoms with van der Waals surface area (Å²) in [7, 11) is 1.82. The summed E-state index contributed by atoms with van der Waals surface area (Å²) in [6, 6.07) is 7.31. The number of likely N-dealkylation sites (tertiary alicyclic amines) is 1. The van der Waals surface area contributed by atoms with Crippen LogP contribution in [0.25, 0.3) is 10.9 Å². The molecule has 2 aromatic rings. The highest BCUT2D eigenvalue weighted by molar-refractivity contribution is 6.31. The SMILES string of the molecule is Cn1c(C(=O)N2CC[C@](O)(CO)C2)cc2ccc(Cl)cc21. The van der Waals surface area contributed by atoms with Crippen LogP contribution in [0.2, 0.25) is 5.02 Å². The number of benzene rings is 1. The lowest BCUT2D eigenvalue weighted by molar-refractivity contribution is -0.00462. The van der Waals surface area contributed by atoms with Gasteiger partial charge >= 0.3 is 0 Å². The van der Waals surface area contributed by atoms with Gasteiger partial charge in [0.05, 0.1) is 13.2 Å². The molecule has 1 aliphatic rings. The number of nitrogens with zero attached hydrogens (tertiary/aromatic N) is 2. The average molecular weight is 309 g/mol.